The molecule has 1 aliphatic rings. The summed E-state index contributed by atoms with van der Waals surface area (Å²) in [6.07, 6.45) is 1.75. The van der Waals surface area contributed by atoms with Gasteiger partial charge in [-0.2, -0.15) is 0 Å². The van der Waals surface area contributed by atoms with Gasteiger partial charge in [-0.05, 0) is 30.7 Å². The van der Waals surface area contributed by atoms with Crippen LogP contribution in [0.25, 0.3) is 6.08 Å². The van der Waals surface area contributed by atoms with Crippen LogP contribution in [0, 0.1) is 6.92 Å². The van der Waals surface area contributed by atoms with Crippen molar-refractivity contribution in [3.8, 4) is 0 Å². The lowest BCUT2D eigenvalue weighted by molar-refractivity contribution is -0.120. The maximum absolute atomic E-state index is 12.6. The van der Waals surface area contributed by atoms with Gasteiger partial charge in [0.25, 0.3) is 11.8 Å². The van der Waals surface area contributed by atoms with Gasteiger partial charge in [0.1, 0.15) is 0 Å². The van der Waals surface area contributed by atoms with Gasteiger partial charge in [-0.1, -0.05) is 72.0 Å². The molecule has 1 aliphatic heterocycles. The van der Waals surface area contributed by atoms with Crippen molar-refractivity contribution in [2.45, 2.75) is 6.92 Å². The molecule has 2 amide bonds. The van der Waals surface area contributed by atoms with Gasteiger partial charge < -0.3 is 0 Å². The average Bonchev–Trinajstić information content (AvgIpc) is 2.82. The Kier molecular flexibility index (Phi) is 4.41. The number of nitrogens with zero attached hydrogens (tertiary/aromatic N) is 1. The minimum atomic E-state index is -0.385. The van der Waals surface area contributed by atoms with Crippen molar-refractivity contribution in [3.63, 3.8) is 0 Å². The fraction of sp³-hybridized carbons (Fsp3) is 0.0556. The highest BCUT2D eigenvalue weighted by Crippen LogP contribution is 2.33. The maximum atomic E-state index is 12.6. The average molecular weight is 339 g/mol. The predicted octanol–water partition coefficient (Wildman–Crippen LogP) is 4.04. The van der Waals surface area contributed by atoms with Crippen LogP contribution in [0.2, 0.25) is 0 Å². The number of rotatable bonds is 2. The smallest absolute Gasteiger partial charge is 0.268 e. The summed E-state index contributed by atoms with van der Waals surface area (Å²) in [4.78, 5) is 26.6. The summed E-state index contributed by atoms with van der Waals surface area (Å²) in [5.41, 5.74) is 2.40. The number of amides is 2. The zero-order valence-corrected chi connectivity index (χ0v) is 14.0. The third kappa shape index (κ3) is 3.25. The minimum Gasteiger partial charge on any atom is -0.268 e. The van der Waals surface area contributed by atoms with Gasteiger partial charge in [-0.25, -0.2) is 4.90 Å². The van der Waals surface area contributed by atoms with E-state index in [0.717, 1.165) is 27.8 Å². The second kappa shape index (κ2) is 6.48. The van der Waals surface area contributed by atoms with Crippen LogP contribution in [0.4, 0.5) is 0 Å². The van der Waals surface area contributed by atoms with Crippen LogP contribution >= 0.6 is 24.0 Å². The summed E-state index contributed by atoms with van der Waals surface area (Å²) in [7, 11) is 0. The Morgan fingerprint density at radius 3 is 2.39 bits per heavy atom. The standard InChI is InChI=1S/C18H13NO2S2/c1-12-7-9-14(10-8-12)16(20)19-17(21)15(23-18(19)22)11-13-5-3-2-4-6-13/h2-11H,1H3/b15-11+. The Balaban J connectivity index is 1.88. The van der Waals surface area contributed by atoms with Gasteiger partial charge in [-0.15, -0.1) is 0 Å². The van der Waals surface area contributed by atoms with E-state index < -0.39 is 0 Å². The van der Waals surface area contributed by atoms with Crippen molar-refractivity contribution in [1.29, 1.82) is 0 Å². The second-order valence-electron chi connectivity index (χ2n) is 5.10. The predicted molar refractivity (Wildman–Crippen MR) is 97.0 cm³/mol. The second-order valence-corrected chi connectivity index (χ2v) is 6.77. The third-order valence-electron chi connectivity index (χ3n) is 3.39. The summed E-state index contributed by atoms with van der Waals surface area (Å²) in [5.74, 6) is -0.751. The number of carbonyl (C=O) groups excluding carboxylic acids is 2. The molecular weight excluding hydrogens is 326 g/mol. The van der Waals surface area contributed by atoms with E-state index in [-0.39, 0.29) is 16.1 Å². The molecule has 0 N–H and O–H groups in total. The van der Waals surface area contributed by atoms with Crippen LogP contribution in [0.3, 0.4) is 0 Å². The molecule has 5 heteroatoms. The van der Waals surface area contributed by atoms with Crippen molar-refractivity contribution in [2.75, 3.05) is 0 Å². The summed E-state index contributed by atoms with van der Waals surface area (Å²) in [6, 6.07) is 16.6. The van der Waals surface area contributed by atoms with E-state index >= 15 is 0 Å². The Labute approximate surface area is 144 Å². The Morgan fingerprint density at radius 2 is 1.74 bits per heavy atom. The Bertz CT molecular complexity index is 811. The van der Waals surface area contributed by atoms with E-state index in [2.05, 4.69) is 0 Å². The molecule has 0 spiro atoms. The molecule has 2 aromatic carbocycles. The van der Waals surface area contributed by atoms with E-state index in [1.165, 1.54) is 0 Å². The number of benzene rings is 2. The van der Waals surface area contributed by atoms with Gasteiger partial charge in [-0.3, -0.25) is 9.59 Å². The SMILES string of the molecule is Cc1ccc(C(=O)N2C(=O)/C(=C\c3ccccc3)SC2=S)cc1. The minimum absolute atomic E-state index is 0.266. The lowest BCUT2D eigenvalue weighted by Crippen LogP contribution is -2.34. The fourth-order valence-corrected chi connectivity index (χ4v) is 3.42. The molecular formula is C18H13NO2S2. The number of hydrogen-bond acceptors (Lipinski definition) is 4. The number of carbonyl (C=O) groups is 2. The van der Waals surface area contributed by atoms with Crippen LogP contribution in [-0.4, -0.2) is 21.0 Å². The van der Waals surface area contributed by atoms with Gasteiger partial charge in [0, 0.05) is 5.56 Å². The molecule has 2 aromatic rings. The van der Waals surface area contributed by atoms with Gasteiger partial charge in [0.05, 0.1) is 4.91 Å². The molecule has 114 valence electrons. The van der Waals surface area contributed by atoms with Crippen molar-refractivity contribution >= 4 is 46.2 Å². The number of aryl methyl sites for hydroxylation is 1. The molecule has 1 saturated heterocycles. The molecule has 1 heterocycles. The topological polar surface area (TPSA) is 37.4 Å². The highest BCUT2D eigenvalue weighted by Gasteiger charge is 2.37. The molecule has 0 atom stereocenters. The lowest BCUT2D eigenvalue weighted by Gasteiger charge is -2.12. The zero-order chi connectivity index (χ0) is 16.4. The summed E-state index contributed by atoms with van der Waals surface area (Å²) in [5, 5.41) is 0. The summed E-state index contributed by atoms with van der Waals surface area (Å²) in [6.45, 7) is 1.94. The molecule has 0 bridgehead atoms. The van der Waals surface area contributed by atoms with Crippen molar-refractivity contribution in [1.82, 2.24) is 4.90 Å². The molecule has 0 radical (unpaired) electrons. The Morgan fingerprint density at radius 1 is 1.09 bits per heavy atom. The van der Waals surface area contributed by atoms with E-state index in [9.17, 15) is 9.59 Å². The Hall–Kier alpha value is -2.24. The van der Waals surface area contributed by atoms with E-state index in [1.54, 1.807) is 18.2 Å². The number of hydrogen-bond donors (Lipinski definition) is 0. The number of thioether (sulfide) groups is 1. The van der Waals surface area contributed by atoms with Crippen LogP contribution in [-0.2, 0) is 4.79 Å². The van der Waals surface area contributed by atoms with Crippen LogP contribution in [0.1, 0.15) is 21.5 Å². The van der Waals surface area contributed by atoms with Crippen LogP contribution in [0.15, 0.2) is 59.5 Å². The maximum Gasteiger partial charge on any atom is 0.273 e. The summed E-state index contributed by atoms with van der Waals surface area (Å²) >= 11 is 6.37. The molecule has 0 unspecified atom stereocenters. The van der Waals surface area contributed by atoms with Gasteiger partial charge in [0.15, 0.2) is 4.32 Å². The van der Waals surface area contributed by atoms with Gasteiger partial charge >= 0.3 is 0 Å². The molecule has 23 heavy (non-hydrogen) atoms. The van der Waals surface area contributed by atoms with E-state index in [1.807, 2.05) is 49.4 Å². The molecule has 3 rings (SSSR count). The largest absolute Gasteiger partial charge is 0.273 e. The highest BCUT2D eigenvalue weighted by molar-refractivity contribution is 8.26. The van der Waals surface area contributed by atoms with Crippen molar-refractivity contribution in [3.05, 3.63) is 76.2 Å². The van der Waals surface area contributed by atoms with Crippen LogP contribution in [0.5, 0.6) is 0 Å². The first kappa shape index (κ1) is 15.6. The van der Waals surface area contributed by atoms with Crippen molar-refractivity contribution < 1.29 is 9.59 Å². The zero-order valence-electron chi connectivity index (χ0n) is 12.4. The quantitative estimate of drug-likeness (QED) is 0.470. The summed E-state index contributed by atoms with van der Waals surface area (Å²) < 4.78 is 0.266. The molecule has 1 fully saturated rings. The molecule has 0 aliphatic carbocycles. The first-order valence-corrected chi connectivity index (χ1v) is 8.23. The van der Waals surface area contributed by atoms with Gasteiger partial charge in [0.2, 0.25) is 0 Å². The highest BCUT2D eigenvalue weighted by atomic mass is 32.2. The normalized spacial score (nSPS) is 16.2. The first-order chi connectivity index (χ1) is 11.1. The molecule has 0 saturated carbocycles. The molecule has 3 nitrogen and oxygen atoms in total. The molecule has 0 aromatic heterocycles. The third-order valence-corrected chi connectivity index (χ3v) is 4.69. The monoisotopic (exact) mass is 339 g/mol. The number of thiocarbonyl (C=S) groups is 1. The first-order valence-electron chi connectivity index (χ1n) is 7.00. The van der Waals surface area contributed by atoms with E-state index in [0.29, 0.717) is 10.5 Å². The van der Waals surface area contributed by atoms with Crippen molar-refractivity contribution in [2.24, 2.45) is 0 Å². The van der Waals surface area contributed by atoms with Crippen LogP contribution < -0.4 is 0 Å². The van der Waals surface area contributed by atoms with E-state index in [4.69, 9.17) is 12.2 Å². The fourth-order valence-electron chi connectivity index (χ4n) is 2.17. The number of imide groups is 1. The lowest BCUT2D eigenvalue weighted by atomic mass is 10.1.